The Kier molecular flexibility index (Phi) is 4.99. The van der Waals surface area contributed by atoms with Gasteiger partial charge in [-0.05, 0) is 18.4 Å². The molecule has 2 amide bonds. The van der Waals surface area contributed by atoms with E-state index in [2.05, 4.69) is 5.32 Å². The number of benzene rings is 1. The second-order valence-electron chi connectivity index (χ2n) is 5.71. The van der Waals surface area contributed by atoms with Crippen molar-refractivity contribution < 1.29 is 9.59 Å². The third-order valence-electron chi connectivity index (χ3n) is 4.31. The van der Waals surface area contributed by atoms with Crippen LogP contribution in [0.4, 0.5) is 0 Å². The summed E-state index contributed by atoms with van der Waals surface area (Å²) in [5.74, 6) is 0.185. The first kappa shape index (κ1) is 15.5. The first-order valence-corrected chi connectivity index (χ1v) is 7.73. The van der Waals surface area contributed by atoms with Gasteiger partial charge in [-0.1, -0.05) is 50.6 Å². The van der Waals surface area contributed by atoms with Crippen LogP contribution in [-0.2, 0) is 16.0 Å². The predicted octanol–water partition coefficient (Wildman–Crippen LogP) is 1.99. The Morgan fingerprint density at radius 1 is 1.19 bits per heavy atom. The zero-order valence-electron chi connectivity index (χ0n) is 13.0. The fourth-order valence-electron chi connectivity index (χ4n) is 2.93. The van der Waals surface area contributed by atoms with Crippen LogP contribution in [0.3, 0.4) is 0 Å². The zero-order chi connectivity index (χ0) is 15.4. The van der Waals surface area contributed by atoms with Crippen molar-refractivity contribution in [1.29, 1.82) is 0 Å². The third-order valence-corrected chi connectivity index (χ3v) is 4.31. The topological polar surface area (TPSA) is 49.4 Å². The highest BCUT2D eigenvalue weighted by atomic mass is 16.2. The molecule has 1 fully saturated rings. The Morgan fingerprint density at radius 2 is 1.86 bits per heavy atom. The highest BCUT2D eigenvalue weighted by molar-refractivity contribution is 5.97. The van der Waals surface area contributed by atoms with Crippen molar-refractivity contribution in [3.63, 3.8) is 0 Å². The van der Waals surface area contributed by atoms with Crippen molar-refractivity contribution in [2.24, 2.45) is 5.92 Å². The standard InChI is InChI=1S/C17H24N2O2/c1-4-12(3)15-16(20)18-14(17(21)19(15)5-2)11-13-9-7-6-8-10-13/h6-10,12,14-15H,4-5,11H2,1-3H3,(H,18,20). The first-order valence-electron chi connectivity index (χ1n) is 7.73. The lowest BCUT2D eigenvalue weighted by Crippen LogP contribution is -2.65. The molecule has 0 saturated carbocycles. The van der Waals surface area contributed by atoms with Gasteiger partial charge < -0.3 is 10.2 Å². The molecule has 1 aromatic rings. The summed E-state index contributed by atoms with van der Waals surface area (Å²) in [6, 6.07) is 9.03. The lowest BCUT2D eigenvalue weighted by Gasteiger charge is -2.41. The molecule has 1 aliphatic heterocycles. The molecule has 1 aromatic carbocycles. The number of carbonyl (C=O) groups excluding carboxylic acids is 2. The fourth-order valence-corrected chi connectivity index (χ4v) is 2.93. The van der Waals surface area contributed by atoms with E-state index >= 15 is 0 Å². The molecule has 0 aliphatic carbocycles. The molecule has 1 heterocycles. The number of carbonyl (C=O) groups is 2. The maximum absolute atomic E-state index is 12.6. The molecule has 2 rings (SSSR count). The molecule has 3 atom stereocenters. The van der Waals surface area contributed by atoms with Gasteiger partial charge in [0.2, 0.25) is 11.8 Å². The molecule has 0 bridgehead atoms. The first-order chi connectivity index (χ1) is 10.1. The monoisotopic (exact) mass is 288 g/mol. The van der Waals surface area contributed by atoms with Gasteiger partial charge in [0.1, 0.15) is 12.1 Å². The maximum atomic E-state index is 12.6. The van der Waals surface area contributed by atoms with Gasteiger partial charge in [0.05, 0.1) is 0 Å². The second kappa shape index (κ2) is 6.74. The average Bonchev–Trinajstić information content (AvgIpc) is 2.50. The van der Waals surface area contributed by atoms with Crippen LogP contribution < -0.4 is 5.32 Å². The number of nitrogens with zero attached hydrogens (tertiary/aromatic N) is 1. The normalized spacial score (nSPS) is 23.9. The lowest BCUT2D eigenvalue weighted by molar-refractivity contribution is -0.151. The van der Waals surface area contributed by atoms with Gasteiger partial charge in [0, 0.05) is 13.0 Å². The Labute approximate surface area is 126 Å². The third kappa shape index (κ3) is 3.26. The molecule has 0 radical (unpaired) electrons. The molecule has 21 heavy (non-hydrogen) atoms. The molecular formula is C17H24N2O2. The van der Waals surface area contributed by atoms with Crippen LogP contribution in [0.1, 0.15) is 32.8 Å². The Bertz CT molecular complexity index is 501. The molecule has 0 spiro atoms. The maximum Gasteiger partial charge on any atom is 0.246 e. The minimum atomic E-state index is -0.444. The SMILES string of the molecule is CCC(C)C1C(=O)NC(Cc2ccccc2)C(=O)N1CC. The highest BCUT2D eigenvalue weighted by Crippen LogP contribution is 2.21. The Morgan fingerprint density at radius 3 is 2.43 bits per heavy atom. The molecule has 1 aliphatic rings. The van der Waals surface area contributed by atoms with Crippen LogP contribution in [0.25, 0.3) is 0 Å². The van der Waals surface area contributed by atoms with Crippen molar-refractivity contribution in [2.45, 2.75) is 45.7 Å². The van der Waals surface area contributed by atoms with E-state index < -0.39 is 6.04 Å². The number of nitrogens with one attached hydrogen (secondary N) is 1. The molecule has 1 N–H and O–H groups in total. The lowest BCUT2D eigenvalue weighted by atomic mass is 9.92. The predicted molar refractivity (Wildman–Crippen MR) is 82.7 cm³/mol. The summed E-state index contributed by atoms with van der Waals surface area (Å²) in [5, 5.41) is 2.91. The molecule has 4 heteroatoms. The number of rotatable bonds is 5. The van der Waals surface area contributed by atoms with E-state index in [-0.39, 0.29) is 23.8 Å². The summed E-state index contributed by atoms with van der Waals surface area (Å²) in [7, 11) is 0. The van der Waals surface area contributed by atoms with E-state index in [1.165, 1.54) is 0 Å². The summed E-state index contributed by atoms with van der Waals surface area (Å²) >= 11 is 0. The minimum Gasteiger partial charge on any atom is -0.342 e. The van der Waals surface area contributed by atoms with Crippen LogP contribution in [-0.4, -0.2) is 35.3 Å². The van der Waals surface area contributed by atoms with Gasteiger partial charge in [-0.3, -0.25) is 9.59 Å². The van der Waals surface area contributed by atoms with Gasteiger partial charge in [0.15, 0.2) is 0 Å². The number of hydrogen-bond acceptors (Lipinski definition) is 2. The largest absolute Gasteiger partial charge is 0.342 e. The van der Waals surface area contributed by atoms with E-state index in [9.17, 15) is 9.59 Å². The number of hydrogen-bond donors (Lipinski definition) is 1. The quantitative estimate of drug-likeness (QED) is 0.901. The van der Waals surface area contributed by atoms with Crippen molar-refractivity contribution in [3.8, 4) is 0 Å². The van der Waals surface area contributed by atoms with E-state index in [4.69, 9.17) is 0 Å². The fraction of sp³-hybridized carbons (Fsp3) is 0.529. The molecule has 3 unspecified atom stereocenters. The van der Waals surface area contributed by atoms with Gasteiger partial charge >= 0.3 is 0 Å². The van der Waals surface area contributed by atoms with Gasteiger partial charge in [-0.15, -0.1) is 0 Å². The van der Waals surface area contributed by atoms with Gasteiger partial charge in [-0.2, -0.15) is 0 Å². The number of amides is 2. The summed E-state index contributed by atoms with van der Waals surface area (Å²) in [4.78, 5) is 26.8. The zero-order valence-corrected chi connectivity index (χ0v) is 13.0. The highest BCUT2D eigenvalue weighted by Gasteiger charge is 2.41. The molecule has 114 valence electrons. The van der Waals surface area contributed by atoms with Gasteiger partial charge in [-0.25, -0.2) is 0 Å². The van der Waals surface area contributed by atoms with Crippen LogP contribution in [0, 0.1) is 5.92 Å². The number of piperazine rings is 1. The summed E-state index contributed by atoms with van der Waals surface area (Å²) in [6.07, 6.45) is 1.43. The molecule has 4 nitrogen and oxygen atoms in total. The van der Waals surface area contributed by atoms with Crippen molar-refractivity contribution in [3.05, 3.63) is 35.9 Å². The van der Waals surface area contributed by atoms with Crippen molar-refractivity contribution in [1.82, 2.24) is 10.2 Å². The van der Waals surface area contributed by atoms with Crippen LogP contribution in [0.5, 0.6) is 0 Å². The van der Waals surface area contributed by atoms with Crippen LogP contribution in [0.2, 0.25) is 0 Å². The Hall–Kier alpha value is -1.84. The molecule has 1 saturated heterocycles. The van der Waals surface area contributed by atoms with Crippen molar-refractivity contribution >= 4 is 11.8 Å². The van der Waals surface area contributed by atoms with Crippen molar-refractivity contribution in [2.75, 3.05) is 6.54 Å². The van der Waals surface area contributed by atoms with E-state index in [0.717, 1.165) is 12.0 Å². The smallest absolute Gasteiger partial charge is 0.246 e. The Balaban J connectivity index is 2.17. The second-order valence-corrected chi connectivity index (χ2v) is 5.71. The van der Waals surface area contributed by atoms with Gasteiger partial charge in [0.25, 0.3) is 0 Å². The van der Waals surface area contributed by atoms with Crippen LogP contribution in [0.15, 0.2) is 30.3 Å². The summed E-state index contributed by atoms with van der Waals surface area (Å²) < 4.78 is 0. The summed E-state index contributed by atoms with van der Waals surface area (Å²) in [6.45, 7) is 6.59. The molecule has 0 aromatic heterocycles. The molecular weight excluding hydrogens is 264 g/mol. The average molecular weight is 288 g/mol. The van der Waals surface area contributed by atoms with E-state index in [1.807, 2.05) is 51.1 Å². The minimum absolute atomic E-state index is 0.0215. The van der Waals surface area contributed by atoms with E-state index in [1.54, 1.807) is 4.90 Å². The van der Waals surface area contributed by atoms with Crippen LogP contribution >= 0.6 is 0 Å². The summed E-state index contributed by atoms with van der Waals surface area (Å²) in [5.41, 5.74) is 1.06. The number of likely N-dealkylation sites (N-methyl/N-ethyl adjacent to an activating group) is 1. The van der Waals surface area contributed by atoms with E-state index in [0.29, 0.717) is 13.0 Å².